The van der Waals surface area contributed by atoms with E-state index in [9.17, 15) is 14.7 Å². The molecule has 0 aromatic heterocycles. The van der Waals surface area contributed by atoms with Gasteiger partial charge in [0.1, 0.15) is 5.75 Å². The Morgan fingerprint density at radius 2 is 1.53 bits per heavy atom. The zero-order chi connectivity index (χ0) is 23.9. The number of amides is 2. The minimum Gasteiger partial charge on any atom is -0.508 e. The summed E-state index contributed by atoms with van der Waals surface area (Å²) in [5.74, 6) is -0.119. The number of piperazine rings is 1. The summed E-state index contributed by atoms with van der Waals surface area (Å²) in [7, 11) is 0. The van der Waals surface area contributed by atoms with E-state index in [1.165, 1.54) is 0 Å². The third-order valence-electron chi connectivity index (χ3n) is 6.05. The number of para-hydroxylation sites is 1. The molecule has 0 radical (unpaired) electrons. The topological polar surface area (TPSA) is 84.9 Å². The molecule has 0 unspecified atom stereocenters. The Morgan fingerprint density at radius 1 is 0.882 bits per heavy atom. The highest BCUT2D eigenvalue weighted by Gasteiger charge is 2.21. The van der Waals surface area contributed by atoms with Crippen LogP contribution in [-0.2, 0) is 4.79 Å². The molecule has 3 aromatic carbocycles. The normalized spacial score (nSPS) is 14.9. The second kappa shape index (κ2) is 10.9. The van der Waals surface area contributed by atoms with Crippen molar-refractivity contribution in [2.75, 3.05) is 42.9 Å². The standard InChI is InChI=1S/C27H30N4O3/c1-20(21-7-3-2-4-8-21)28-27(34)24-9-5-6-10-25(24)29-26(33)19-30-15-17-31(18-16-30)22-11-13-23(32)14-12-22/h2-14,20,32H,15-19H2,1H3,(H,28,34)(H,29,33)/t20-/m1/s1. The highest BCUT2D eigenvalue weighted by atomic mass is 16.3. The van der Waals surface area contributed by atoms with Crippen molar-refractivity contribution < 1.29 is 14.7 Å². The van der Waals surface area contributed by atoms with Crippen LogP contribution in [-0.4, -0.2) is 54.5 Å². The smallest absolute Gasteiger partial charge is 0.253 e. The summed E-state index contributed by atoms with van der Waals surface area (Å²) in [6.07, 6.45) is 0. The minimum atomic E-state index is -0.227. The average Bonchev–Trinajstić information content (AvgIpc) is 2.86. The van der Waals surface area contributed by atoms with E-state index in [0.717, 1.165) is 37.4 Å². The third-order valence-corrected chi connectivity index (χ3v) is 6.05. The van der Waals surface area contributed by atoms with Crippen molar-refractivity contribution in [1.82, 2.24) is 10.2 Å². The molecule has 1 fully saturated rings. The lowest BCUT2D eigenvalue weighted by molar-refractivity contribution is -0.117. The van der Waals surface area contributed by atoms with Crippen molar-refractivity contribution in [2.45, 2.75) is 13.0 Å². The Labute approximate surface area is 200 Å². The Bertz CT molecular complexity index is 1110. The molecule has 0 aliphatic carbocycles. The summed E-state index contributed by atoms with van der Waals surface area (Å²) in [6, 6.07) is 23.9. The number of anilines is 2. The second-order valence-electron chi connectivity index (χ2n) is 8.48. The van der Waals surface area contributed by atoms with Gasteiger partial charge in [-0.1, -0.05) is 42.5 Å². The maximum atomic E-state index is 12.9. The number of phenolic OH excluding ortho intramolecular Hbond substituents is 1. The van der Waals surface area contributed by atoms with Gasteiger partial charge in [0.2, 0.25) is 5.91 Å². The van der Waals surface area contributed by atoms with Crippen LogP contribution in [0.4, 0.5) is 11.4 Å². The largest absolute Gasteiger partial charge is 0.508 e. The number of carbonyl (C=O) groups excluding carboxylic acids is 2. The Hall–Kier alpha value is -3.84. The lowest BCUT2D eigenvalue weighted by Gasteiger charge is -2.35. The first-order chi connectivity index (χ1) is 16.5. The predicted molar refractivity (Wildman–Crippen MR) is 134 cm³/mol. The van der Waals surface area contributed by atoms with Gasteiger partial charge in [-0.05, 0) is 48.9 Å². The van der Waals surface area contributed by atoms with Gasteiger partial charge in [0.25, 0.3) is 5.91 Å². The lowest BCUT2D eigenvalue weighted by Crippen LogP contribution is -2.48. The Kier molecular flexibility index (Phi) is 7.44. The first-order valence-corrected chi connectivity index (χ1v) is 11.5. The zero-order valence-electron chi connectivity index (χ0n) is 19.3. The zero-order valence-corrected chi connectivity index (χ0v) is 19.3. The van der Waals surface area contributed by atoms with E-state index in [-0.39, 0.29) is 30.2 Å². The summed E-state index contributed by atoms with van der Waals surface area (Å²) in [4.78, 5) is 30.0. The highest BCUT2D eigenvalue weighted by Crippen LogP contribution is 2.21. The fourth-order valence-electron chi connectivity index (χ4n) is 4.11. The molecule has 1 aliphatic heterocycles. The summed E-state index contributed by atoms with van der Waals surface area (Å²) < 4.78 is 0. The third kappa shape index (κ3) is 5.94. The minimum absolute atomic E-state index is 0.144. The van der Waals surface area contributed by atoms with Crippen LogP contribution in [0.3, 0.4) is 0 Å². The van der Waals surface area contributed by atoms with Crippen LogP contribution in [0.1, 0.15) is 28.9 Å². The average molecular weight is 459 g/mol. The van der Waals surface area contributed by atoms with E-state index in [2.05, 4.69) is 20.4 Å². The molecular formula is C27H30N4O3. The maximum absolute atomic E-state index is 12.9. The van der Waals surface area contributed by atoms with Gasteiger partial charge in [-0.25, -0.2) is 0 Å². The molecule has 0 bridgehead atoms. The monoisotopic (exact) mass is 458 g/mol. The van der Waals surface area contributed by atoms with Crippen LogP contribution < -0.4 is 15.5 Å². The lowest BCUT2D eigenvalue weighted by atomic mass is 10.1. The van der Waals surface area contributed by atoms with Gasteiger partial charge >= 0.3 is 0 Å². The molecule has 3 N–H and O–H groups in total. The van der Waals surface area contributed by atoms with Crippen LogP contribution in [0.5, 0.6) is 5.75 Å². The van der Waals surface area contributed by atoms with Crippen LogP contribution >= 0.6 is 0 Å². The molecule has 1 aliphatic rings. The van der Waals surface area contributed by atoms with E-state index in [4.69, 9.17) is 0 Å². The van der Waals surface area contributed by atoms with E-state index < -0.39 is 0 Å². The van der Waals surface area contributed by atoms with Crippen molar-refractivity contribution >= 4 is 23.2 Å². The van der Waals surface area contributed by atoms with Gasteiger partial charge in [-0.2, -0.15) is 0 Å². The number of nitrogens with one attached hydrogen (secondary N) is 2. The second-order valence-corrected chi connectivity index (χ2v) is 8.48. The van der Waals surface area contributed by atoms with Crippen molar-refractivity contribution in [3.63, 3.8) is 0 Å². The maximum Gasteiger partial charge on any atom is 0.253 e. The number of hydrogen-bond donors (Lipinski definition) is 3. The van der Waals surface area contributed by atoms with Crippen molar-refractivity contribution in [2.24, 2.45) is 0 Å². The molecule has 4 rings (SSSR count). The first kappa shape index (κ1) is 23.3. The van der Waals surface area contributed by atoms with Crippen LogP contribution in [0.15, 0.2) is 78.9 Å². The molecule has 1 atom stereocenters. The molecule has 3 aromatic rings. The summed E-state index contributed by atoms with van der Waals surface area (Å²) in [5, 5.41) is 15.4. The van der Waals surface area contributed by atoms with Crippen LogP contribution in [0, 0.1) is 0 Å². The van der Waals surface area contributed by atoms with Crippen molar-refractivity contribution in [1.29, 1.82) is 0 Å². The molecule has 176 valence electrons. The van der Waals surface area contributed by atoms with Crippen molar-refractivity contribution in [3.05, 3.63) is 90.0 Å². The molecule has 7 nitrogen and oxygen atoms in total. The molecule has 34 heavy (non-hydrogen) atoms. The van der Waals surface area contributed by atoms with Gasteiger partial charge in [0.15, 0.2) is 0 Å². The van der Waals surface area contributed by atoms with E-state index >= 15 is 0 Å². The number of hydrogen-bond acceptors (Lipinski definition) is 5. The quantitative estimate of drug-likeness (QED) is 0.503. The number of nitrogens with zero attached hydrogens (tertiary/aromatic N) is 2. The van der Waals surface area contributed by atoms with Crippen molar-refractivity contribution in [3.8, 4) is 5.75 Å². The SMILES string of the molecule is C[C@@H](NC(=O)c1ccccc1NC(=O)CN1CCN(c2ccc(O)cc2)CC1)c1ccccc1. The number of rotatable bonds is 7. The van der Waals surface area contributed by atoms with Gasteiger partial charge in [-0.15, -0.1) is 0 Å². The van der Waals surface area contributed by atoms with Crippen LogP contribution in [0.25, 0.3) is 0 Å². The Morgan fingerprint density at radius 3 is 2.24 bits per heavy atom. The number of aromatic hydroxyl groups is 1. The molecule has 0 saturated carbocycles. The number of carbonyl (C=O) groups is 2. The van der Waals surface area contributed by atoms with E-state index in [1.807, 2.05) is 55.5 Å². The van der Waals surface area contributed by atoms with Gasteiger partial charge in [0.05, 0.1) is 23.8 Å². The number of phenols is 1. The van der Waals surface area contributed by atoms with Gasteiger partial charge in [0, 0.05) is 31.9 Å². The summed E-state index contributed by atoms with van der Waals surface area (Å²) >= 11 is 0. The van der Waals surface area contributed by atoms with E-state index in [0.29, 0.717) is 11.3 Å². The number of benzene rings is 3. The van der Waals surface area contributed by atoms with Gasteiger partial charge in [-0.3, -0.25) is 14.5 Å². The molecule has 7 heteroatoms. The molecule has 1 saturated heterocycles. The van der Waals surface area contributed by atoms with E-state index in [1.54, 1.807) is 30.3 Å². The molecule has 1 heterocycles. The predicted octanol–water partition coefficient (Wildman–Crippen LogP) is 3.64. The Balaban J connectivity index is 1.31. The van der Waals surface area contributed by atoms with Gasteiger partial charge < -0.3 is 20.6 Å². The molecule has 0 spiro atoms. The summed E-state index contributed by atoms with van der Waals surface area (Å²) in [6.45, 7) is 5.31. The fourth-order valence-corrected chi connectivity index (χ4v) is 4.11. The summed E-state index contributed by atoms with van der Waals surface area (Å²) in [5.41, 5.74) is 3.03. The van der Waals surface area contributed by atoms with Crippen LogP contribution in [0.2, 0.25) is 0 Å². The highest BCUT2D eigenvalue weighted by molar-refractivity contribution is 6.04. The molecular weight excluding hydrogens is 428 g/mol. The molecule has 2 amide bonds. The fraction of sp³-hybridized carbons (Fsp3) is 0.259. The first-order valence-electron chi connectivity index (χ1n) is 11.5.